The van der Waals surface area contributed by atoms with Crippen molar-refractivity contribution in [2.75, 3.05) is 19.6 Å². The molecule has 2 nitrogen and oxygen atoms in total. The summed E-state index contributed by atoms with van der Waals surface area (Å²) in [6.45, 7) is 12.9. The van der Waals surface area contributed by atoms with Gasteiger partial charge in [-0.15, -0.1) is 0 Å². The van der Waals surface area contributed by atoms with Crippen molar-refractivity contribution in [3.8, 4) is 0 Å². The van der Waals surface area contributed by atoms with E-state index in [1.807, 2.05) is 0 Å². The summed E-state index contributed by atoms with van der Waals surface area (Å²) in [6, 6.07) is 0.772. The van der Waals surface area contributed by atoms with Crippen LogP contribution >= 0.6 is 0 Å². The van der Waals surface area contributed by atoms with Gasteiger partial charge in [0.15, 0.2) is 0 Å². The molecule has 1 saturated heterocycles. The maximum absolute atomic E-state index is 3.62. The molecule has 14 heavy (non-hydrogen) atoms. The Morgan fingerprint density at radius 1 is 1.21 bits per heavy atom. The third-order valence-electron chi connectivity index (χ3n) is 3.13. The smallest absolute Gasteiger partial charge is 0.0125 e. The monoisotopic (exact) mass is 198 g/mol. The molecule has 0 aromatic rings. The van der Waals surface area contributed by atoms with Crippen LogP contribution in [0.15, 0.2) is 0 Å². The van der Waals surface area contributed by atoms with Crippen LogP contribution in [0.25, 0.3) is 0 Å². The average Bonchev–Trinajstić information content (AvgIpc) is 2.14. The number of nitrogens with one attached hydrogen (secondary N) is 1. The molecule has 0 radical (unpaired) electrons. The lowest BCUT2D eigenvalue weighted by Crippen LogP contribution is -2.50. The summed E-state index contributed by atoms with van der Waals surface area (Å²) in [7, 11) is 0. The molecule has 0 saturated carbocycles. The largest absolute Gasteiger partial charge is 0.314 e. The number of likely N-dealkylation sites (tertiary alicyclic amines) is 1. The van der Waals surface area contributed by atoms with Crippen LogP contribution in [0.3, 0.4) is 0 Å². The molecule has 0 aromatic carbocycles. The van der Waals surface area contributed by atoms with E-state index < -0.39 is 0 Å². The van der Waals surface area contributed by atoms with E-state index in [4.69, 9.17) is 0 Å². The number of nitrogens with zero attached hydrogens (tertiary/aromatic N) is 1. The van der Waals surface area contributed by atoms with Gasteiger partial charge in [0.05, 0.1) is 0 Å². The zero-order chi connectivity index (χ0) is 10.6. The fourth-order valence-electron chi connectivity index (χ4n) is 2.10. The van der Waals surface area contributed by atoms with Crippen molar-refractivity contribution < 1.29 is 0 Å². The lowest BCUT2D eigenvalue weighted by molar-refractivity contribution is 0.0964. The van der Waals surface area contributed by atoms with Gasteiger partial charge in [-0.1, -0.05) is 6.92 Å². The van der Waals surface area contributed by atoms with Crippen molar-refractivity contribution in [3.05, 3.63) is 0 Å². The minimum atomic E-state index is 0.357. The second kappa shape index (κ2) is 5.13. The quantitative estimate of drug-likeness (QED) is 0.748. The second-order valence-corrected chi connectivity index (χ2v) is 5.39. The summed E-state index contributed by atoms with van der Waals surface area (Å²) in [4.78, 5) is 2.59. The molecule has 0 aromatic heterocycles. The molecule has 0 amide bonds. The van der Waals surface area contributed by atoms with Gasteiger partial charge in [0, 0.05) is 24.7 Å². The van der Waals surface area contributed by atoms with Crippen LogP contribution in [0, 0.1) is 0 Å². The van der Waals surface area contributed by atoms with Crippen molar-refractivity contribution >= 4 is 0 Å². The number of hydrogen-bond acceptors (Lipinski definition) is 2. The van der Waals surface area contributed by atoms with Crippen LogP contribution < -0.4 is 5.32 Å². The van der Waals surface area contributed by atoms with Gasteiger partial charge < -0.3 is 5.32 Å². The van der Waals surface area contributed by atoms with Crippen LogP contribution in [-0.2, 0) is 0 Å². The number of hydrogen-bond donors (Lipinski definition) is 1. The molecule has 0 atom stereocenters. The van der Waals surface area contributed by atoms with Crippen LogP contribution in [0.1, 0.15) is 47.0 Å². The maximum Gasteiger partial charge on any atom is 0.0125 e. The molecule has 1 N–H and O–H groups in total. The molecule has 0 bridgehead atoms. The highest BCUT2D eigenvalue weighted by atomic mass is 15.2. The highest BCUT2D eigenvalue weighted by Crippen LogP contribution is 2.19. The fourth-order valence-corrected chi connectivity index (χ4v) is 2.10. The summed E-state index contributed by atoms with van der Waals surface area (Å²) in [5.74, 6) is 0. The zero-order valence-electron chi connectivity index (χ0n) is 10.3. The summed E-state index contributed by atoms with van der Waals surface area (Å²) < 4.78 is 0. The van der Waals surface area contributed by atoms with Gasteiger partial charge in [0.1, 0.15) is 0 Å². The lowest BCUT2D eigenvalue weighted by atomic mass is 9.98. The minimum Gasteiger partial charge on any atom is -0.314 e. The predicted octanol–water partition coefficient (Wildman–Crippen LogP) is 2.25. The Kier molecular flexibility index (Phi) is 4.39. The van der Waals surface area contributed by atoms with E-state index in [1.54, 1.807) is 0 Å². The summed E-state index contributed by atoms with van der Waals surface area (Å²) in [5.41, 5.74) is 0.357. The van der Waals surface area contributed by atoms with Gasteiger partial charge in [0.25, 0.3) is 0 Å². The predicted molar refractivity (Wildman–Crippen MR) is 62.6 cm³/mol. The van der Waals surface area contributed by atoms with Gasteiger partial charge in [0.2, 0.25) is 0 Å². The van der Waals surface area contributed by atoms with Crippen molar-refractivity contribution in [3.63, 3.8) is 0 Å². The summed E-state index contributed by atoms with van der Waals surface area (Å²) in [5, 5.41) is 3.62. The van der Waals surface area contributed by atoms with Crippen molar-refractivity contribution in [1.29, 1.82) is 0 Å². The molecule has 0 aliphatic carbocycles. The first-order valence-corrected chi connectivity index (χ1v) is 6.02. The van der Waals surface area contributed by atoms with Gasteiger partial charge in [-0.05, 0) is 46.6 Å². The topological polar surface area (TPSA) is 15.3 Å². The molecular weight excluding hydrogens is 172 g/mol. The standard InChI is InChI=1S/C12H26N2/c1-5-8-13-11-6-9-14(10-7-11)12(2,3)4/h11,13H,5-10H2,1-4H3. The maximum atomic E-state index is 3.62. The third-order valence-corrected chi connectivity index (χ3v) is 3.13. The Morgan fingerprint density at radius 3 is 2.21 bits per heavy atom. The first-order chi connectivity index (χ1) is 6.54. The van der Waals surface area contributed by atoms with Gasteiger partial charge >= 0.3 is 0 Å². The van der Waals surface area contributed by atoms with E-state index in [1.165, 1.54) is 38.9 Å². The van der Waals surface area contributed by atoms with Crippen LogP contribution in [0.4, 0.5) is 0 Å². The molecule has 0 spiro atoms. The van der Waals surface area contributed by atoms with E-state index in [-0.39, 0.29) is 0 Å². The number of piperidine rings is 1. The molecule has 1 aliphatic heterocycles. The van der Waals surface area contributed by atoms with Crippen molar-refractivity contribution in [1.82, 2.24) is 10.2 Å². The van der Waals surface area contributed by atoms with Gasteiger partial charge in [-0.2, -0.15) is 0 Å². The van der Waals surface area contributed by atoms with Crippen LogP contribution in [0.5, 0.6) is 0 Å². The first kappa shape index (κ1) is 12.0. The van der Waals surface area contributed by atoms with Crippen molar-refractivity contribution in [2.45, 2.75) is 58.5 Å². The summed E-state index contributed by atoms with van der Waals surface area (Å²) in [6.07, 6.45) is 3.88. The minimum absolute atomic E-state index is 0.357. The Morgan fingerprint density at radius 2 is 1.79 bits per heavy atom. The van der Waals surface area contributed by atoms with E-state index in [2.05, 4.69) is 37.9 Å². The Hall–Kier alpha value is -0.0800. The molecule has 84 valence electrons. The Balaban J connectivity index is 2.24. The molecule has 1 rings (SSSR count). The second-order valence-electron chi connectivity index (χ2n) is 5.39. The average molecular weight is 198 g/mol. The summed E-state index contributed by atoms with van der Waals surface area (Å²) >= 11 is 0. The highest BCUT2D eigenvalue weighted by Gasteiger charge is 2.26. The fraction of sp³-hybridized carbons (Fsp3) is 1.00. The third kappa shape index (κ3) is 3.58. The zero-order valence-corrected chi connectivity index (χ0v) is 10.3. The lowest BCUT2D eigenvalue weighted by Gasteiger charge is -2.41. The Labute approximate surface area is 89.1 Å². The van der Waals surface area contributed by atoms with Crippen LogP contribution in [0.2, 0.25) is 0 Å². The Bertz CT molecular complexity index is 152. The van der Waals surface area contributed by atoms with Crippen molar-refractivity contribution in [2.24, 2.45) is 0 Å². The first-order valence-electron chi connectivity index (χ1n) is 6.02. The van der Waals surface area contributed by atoms with E-state index in [0.717, 1.165) is 6.04 Å². The molecule has 2 heteroatoms. The normalized spacial score (nSPS) is 21.4. The number of rotatable bonds is 3. The van der Waals surface area contributed by atoms with E-state index in [0.29, 0.717) is 5.54 Å². The molecule has 1 heterocycles. The molecular formula is C12H26N2. The molecule has 1 aliphatic rings. The molecule has 1 fully saturated rings. The van der Waals surface area contributed by atoms with Gasteiger partial charge in [-0.3, -0.25) is 4.90 Å². The highest BCUT2D eigenvalue weighted by molar-refractivity contribution is 4.84. The van der Waals surface area contributed by atoms with Crippen LogP contribution in [-0.4, -0.2) is 36.1 Å². The van der Waals surface area contributed by atoms with Gasteiger partial charge in [-0.25, -0.2) is 0 Å². The van der Waals surface area contributed by atoms with E-state index >= 15 is 0 Å². The SMILES string of the molecule is CCCNC1CCN(C(C)(C)C)CC1. The van der Waals surface area contributed by atoms with E-state index in [9.17, 15) is 0 Å². The molecule has 0 unspecified atom stereocenters.